The second-order valence-corrected chi connectivity index (χ2v) is 5.45. The number of hydrogen-bond acceptors (Lipinski definition) is 2. The van der Waals surface area contributed by atoms with Crippen LogP contribution in [0.25, 0.3) is 0 Å². The van der Waals surface area contributed by atoms with Crippen LogP contribution in [-0.2, 0) is 4.79 Å². The summed E-state index contributed by atoms with van der Waals surface area (Å²) in [5, 5.41) is 3.04. The average molecular weight is 232 g/mol. The van der Waals surface area contributed by atoms with Gasteiger partial charge in [0.05, 0.1) is 6.04 Å². The molecule has 0 bridgehead atoms. The van der Waals surface area contributed by atoms with Crippen LogP contribution < -0.4 is 11.1 Å². The number of benzene rings is 1. The molecule has 92 valence electrons. The molecule has 1 saturated carbocycles. The van der Waals surface area contributed by atoms with Gasteiger partial charge in [-0.15, -0.1) is 0 Å². The van der Waals surface area contributed by atoms with Crippen molar-refractivity contribution in [1.82, 2.24) is 5.32 Å². The van der Waals surface area contributed by atoms with Gasteiger partial charge in [0.1, 0.15) is 0 Å². The molecule has 1 aliphatic rings. The van der Waals surface area contributed by atoms with Crippen molar-refractivity contribution in [3.8, 4) is 0 Å². The fourth-order valence-corrected chi connectivity index (χ4v) is 2.15. The van der Waals surface area contributed by atoms with Gasteiger partial charge in [-0.05, 0) is 17.4 Å². The summed E-state index contributed by atoms with van der Waals surface area (Å²) in [6.07, 6.45) is 0.977. The number of nitrogens with one attached hydrogen (secondary N) is 1. The molecule has 1 amide bonds. The van der Waals surface area contributed by atoms with Crippen molar-refractivity contribution in [2.24, 2.45) is 17.1 Å². The Bertz CT molecular complexity index is 400. The summed E-state index contributed by atoms with van der Waals surface area (Å²) in [5.41, 5.74) is 6.96. The normalized spacial score (nSPS) is 22.9. The Labute approximate surface area is 102 Å². The van der Waals surface area contributed by atoms with Gasteiger partial charge >= 0.3 is 0 Å². The minimum Gasteiger partial charge on any atom is -0.348 e. The quantitative estimate of drug-likeness (QED) is 0.832. The largest absolute Gasteiger partial charge is 0.348 e. The van der Waals surface area contributed by atoms with Crippen LogP contribution in [0.5, 0.6) is 0 Å². The summed E-state index contributed by atoms with van der Waals surface area (Å²) in [5.74, 6) is 0.287. The third-order valence-electron chi connectivity index (χ3n) is 3.58. The van der Waals surface area contributed by atoms with Crippen LogP contribution in [0.1, 0.15) is 31.9 Å². The molecular formula is C14H20N2O. The van der Waals surface area contributed by atoms with E-state index in [-0.39, 0.29) is 23.3 Å². The van der Waals surface area contributed by atoms with Crippen molar-refractivity contribution >= 4 is 5.91 Å². The molecule has 0 aromatic heterocycles. The van der Waals surface area contributed by atoms with Crippen LogP contribution in [0.2, 0.25) is 0 Å². The molecule has 0 aliphatic heterocycles. The molecule has 0 heterocycles. The minimum absolute atomic E-state index is 0.0694. The summed E-state index contributed by atoms with van der Waals surface area (Å²) < 4.78 is 0. The Morgan fingerprint density at radius 3 is 2.53 bits per heavy atom. The highest BCUT2D eigenvalue weighted by Crippen LogP contribution is 2.51. The van der Waals surface area contributed by atoms with Gasteiger partial charge in [-0.3, -0.25) is 4.79 Å². The number of carbonyl (C=O) groups is 1. The molecule has 0 radical (unpaired) electrons. The zero-order valence-corrected chi connectivity index (χ0v) is 10.4. The first-order valence-corrected chi connectivity index (χ1v) is 6.10. The average Bonchev–Trinajstić information content (AvgIpc) is 2.96. The van der Waals surface area contributed by atoms with Crippen LogP contribution in [0.4, 0.5) is 0 Å². The molecule has 3 heteroatoms. The van der Waals surface area contributed by atoms with Gasteiger partial charge in [0.25, 0.3) is 0 Å². The minimum atomic E-state index is -0.0694. The standard InChI is InChI=1S/C14H20N2O/c1-14(2)8-11(14)13(17)16-12(9-15)10-6-4-3-5-7-10/h3-7,11-12H,8-9,15H2,1-2H3,(H,16,17). The van der Waals surface area contributed by atoms with Crippen LogP contribution >= 0.6 is 0 Å². The highest BCUT2D eigenvalue weighted by Gasteiger charge is 2.50. The fraction of sp³-hybridized carbons (Fsp3) is 0.500. The van der Waals surface area contributed by atoms with Crippen molar-refractivity contribution in [2.75, 3.05) is 6.54 Å². The number of hydrogen-bond donors (Lipinski definition) is 2. The molecule has 1 aliphatic carbocycles. The fourth-order valence-electron chi connectivity index (χ4n) is 2.15. The molecule has 2 rings (SSSR count). The first-order valence-electron chi connectivity index (χ1n) is 6.10. The van der Waals surface area contributed by atoms with Gasteiger partial charge in [-0.1, -0.05) is 44.2 Å². The molecular weight excluding hydrogens is 212 g/mol. The second-order valence-electron chi connectivity index (χ2n) is 5.45. The van der Waals surface area contributed by atoms with E-state index >= 15 is 0 Å². The van der Waals surface area contributed by atoms with Crippen molar-refractivity contribution < 1.29 is 4.79 Å². The number of rotatable bonds is 4. The maximum Gasteiger partial charge on any atom is 0.224 e. The van der Waals surface area contributed by atoms with Crippen LogP contribution in [0.3, 0.4) is 0 Å². The van der Waals surface area contributed by atoms with E-state index in [9.17, 15) is 4.79 Å². The zero-order chi connectivity index (χ0) is 12.5. The van der Waals surface area contributed by atoms with Gasteiger partial charge in [0.2, 0.25) is 5.91 Å². The van der Waals surface area contributed by atoms with Crippen molar-refractivity contribution in [2.45, 2.75) is 26.3 Å². The molecule has 0 spiro atoms. The summed E-state index contributed by atoms with van der Waals surface area (Å²) in [6, 6.07) is 9.81. The molecule has 2 unspecified atom stereocenters. The maximum atomic E-state index is 12.0. The number of amides is 1. The Balaban J connectivity index is 1.99. The number of carbonyl (C=O) groups excluding carboxylic acids is 1. The Hall–Kier alpha value is -1.35. The van der Waals surface area contributed by atoms with Crippen molar-refractivity contribution in [1.29, 1.82) is 0 Å². The lowest BCUT2D eigenvalue weighted by Crippen LogP contribution is -2.35. The molecule has 3 N–H and O–H groups in total. The predicted molar refractivity (Wildman–Crippen MR) is 68.3 cm³/mol. The first kappa shape index (κ1) is 12.1. The van der Waals surface area contributed by atoms with Gasteiger partial charge in [-0.2, -0.15) is 0 Å². The third kappa shape index (κ3) is 2.67. The first-order chi connectivity index (χ1) is 8.04. The lowest BCUT2D eigenvalue weighted by Gasteiger charge is -2.17. The van der Waals surface area contributed by atoms with E-state index in [1.165, 1.54) is 0 Å². The van der Waals surface area contributed by atoms with Crippen LogP contribution in [-0.4, -0.2) is 12.5 Å². The van der Waals surface area contributed by atoms with E-state index in [0.717, 1.165) is 12.0 Å². The summed E-state index contributed by atoms with van der Waals surface area (Å²) >= 11 is 0. The summed E-state index contributed by atoms with van der Waals surface area (Å²) in [6.45, 7) is 4.68. The van der Waals surface area contributed by atoms with Gasteiger partial charge in [-0.25, -0.2) is 0 Å². The molecule has 0 saturated heterocycles. The van der Waals surface area contributed by atoms with Gasteiger partial charge < -0.3 is 11.1 Å². The topological polar surface area (TPSA) is 55.1 Å². The molecule has 17 heavy (non-hydrogen) atoms. The Morgan fingerprint density at radius 2 is 2.06 bits per heavy atom. The lowest BCUT2D eigenvalue weighted by molar-refractivity contribution is -0.123. The summed E-state index contributed by atoms with van der Waals surface area (Å²) in [7, 11) is 0. The van der Waals surface area contributed by atoms with E-state index in [1.807, 2.05) is 30.3 Å². The molecule has 1 aromatic rings. The smallest absolute Gasteiger partial charge is 0.224 e. The highest BCUT2D eigenvalue weighted by molar-refractivity contribution is 5.82. The SMILES string of the molecule is CC1(C)CC1C(=O)NC(CN)c1ccccc1. The van der Waals surface area contributed by atoms with Gasteiger partial charge in [0.15, 0.2) is 0 Å². The Morgan fingerprint density at radius 1 is 1.47 bits per heavy atom. The lowest BCUT2D eigenvalue weighted by atomic mass is 10.1. The van der Waals surface area contributed by atoms with E-state index in [4.69, 9.17) is 5.73 Å². The molecule has 1 aromatic carbocycles. The predicted octanol–water partition coefficient (Wildman–Crippen LogP) is 1.85. The maximum absolute atomic E-state index is 12.0. The summed E-state index contributed by atoms with van der Waals surface area (Å²) in [4.78, 5) is 12.0. The van der Waals surface area contributed by atoms with E-state index in [0.29, 0.717) is 6.54 Å². The molecule has 3 nitrogen and oxygen atoms in total. The molecule has 1 fully saturated rings. The Kier molecular flexibility index (Phi) is 3.20. The number of nitrogens with two attached hydrogens (primary N) is 1. The van der Waals surface area contributed by atoms with E-state index < -0.39 is 0 Å². The highest BCUT2D eigenvalue weighted by atomic mass is 16.2. The second kappa shape index (κ2) is 4.49. The third-order valence-corrected chi connectivity index (χ3v) is 3.58. The zero-order valence-electron chi connectivity index (χ0n) is 10.4. The van der Waals surface area contributed by atoms with Crippen molar-refractivity contribution in [3.63, 3.8) is 0 Å². The monoisotopic (exact) mass is 232 g/mol. The van der Waals surface area contributed by atoms with Crippen LogP contribution in [0.15, 0.2) is 30.3 Å². The van der Waals surface area contributed by atoms with Crippen molar-refractivity contribution in [3.05, 3.63) is 35.9 Å². The van der Waals surface area contributed by atoms with Crippen LogP contribution in [0, 0.1) is 11.3 Å². The van der Waals surface area contributed by atoms with E-state index in [2.05, 4.69) is 19.2 Å². The van der Waals surface area contributed by atoms with Gasteiger partial charge in [0, 0.05) is 12.5 Å². The molecule has 2 atom stereocenters. The van der Waals surface area contributed by atoms with E-state index in [1.54, 1.807) is 0 Å².